The molecule has 254 valence electrons. The molecule has 0 fully saturated rings. The van der Waals surface area contributed by atoms with Gasteiger partial charge in [-0.3, -0.25) is 4.79 Å². The molecule has 0 spiro atoms. The second-order valence-corrected chi connectivity index (χ2v) is 15.0. The van der Waals surface area contributed by atoms with Gasteiger partial charge in [0, 0.05) is 67.1 Å². The smallest absolute Gasteiger partial charge is 0.220 e. The van der Waals surface area contributed by atoms with E-state index in [-0.39, 0.29) is 30.0 Å². The first-order chi connectivity index (χ1) is 22.4. The number of nitrogens with one attached hydrogen (secondary N) is 1. The van der Waals surface area contributed by atoms with Crippen LogP contribution in [-0.2, 0) is 29.5 Å². The lowest BCUT2D eigenvalue weighted by Gasteiger charge is -2.25. The van der Waals surface area contributed by atoms with Crippen LogP contribution in [0, 0.1) is 0 Å². The number of unbranched alkanes of at least 4 members (excludes halogenated alkanes) is 2. The molecule has 1 atom stereocenters. The Kier molecular flexibility index (Phi) is 12.6. The van der Waals surface area contributed by atoms with Crippen LogP contribution < -0.4 is 15.1 Å². The molecule has 1 unspecified atom stereocenters. The lowest BCUT2D eigenvalue weighted by Crippen LogP contribution is -2.28. The minimum absolute atomic E-state index is 0.000937. The summed E-state index contributed by atoms with van der Waals surface area (Å²) in [6, 6.07) is 17.4. The largest absolute Gasteiger partial charge is 0.779 e. The van der Waals surface area contributed by atoms with Gasteiger partial charge < -0.3 is 28.9 Å². The van der Waals surface area contributed by atoms with Gasteiger partial charge in [-0.25, -0.2) is 0 Å². The van der Waals surface area contributed by atoms with Crippen LogP contribution in [0.15, 0.2) is 84.6 Å². The zero-order chi connectivity index (χ0) is 34.1. The van der Waals surface area contributed by atoms with Gasteiger partial charge >= 0.3 is 0 Å². The van der Waals surface area contributed by atoms with Crippen molar-refractivity contribution in [3.05, 3.63) is 95.7 Å². The van der Waals surface area contributed by atoms with Gasteiger partial charge in [0.15, 0.2) is 5.71 Å². The molecule has 1 amide bonds. The predicted octanol–water partition coefficient (Wildman–Crippen LogP) is 6.77. The van der Waals surface area contributed by atoms with Crippen molar-refractivity contribution in [2.24, 2.45) is 0 Å². The van der Waals surface area contributed by atoms with Crippen LogP contribution in [0.1, 0.15) is 71.4 Å². The molecule has 1 N–H and O–H groups in total. The number of nitrogens with zero attached hydrogens (tertiary/aromatic N) is 2. The molecule has 2 aromatic rings. The van der Waals surface area contributed by atoms with Crippen molar-refractivity contribution in [2.45, 2.75) is 71.1 Å². The molecule has 0 aliphatic carbocycles. The average Bonchev–Trinajstić information content (AvgIpc) is 3.38. The lowest BCUT2D eigenvalue weighted by molar-refractivity contribution is -0.438. The Labute approximate surface area is 281 Å². The molecule has 2 aromatic carbocycles. The zero-order valence-electron chi connectivity index (χ0n) is 29.0. The summed E-state index contributed by atoms with van der Waals surface area (Å²) in [5, 5.41) is 2.86. The number of allylic oxidation sites excluding steroid dienone is 6. The van der Waals surface area contributed by atoms with E-state index in [1.807, 2.05) is 0 Å². The number of carbonyl (C=O) groups excluding carboxylic acids is 1. The number of anilines is 1. The molecular weight excluding hydrogens is 609 g/mol. The van der Waals surface area contributed by atoms with E-state index >= 15 is 0 Å². The Hall–Kier alpha value is -3.29. The number of benzene rings is 2. The van der Waals surface area contributed by atoms with Crippen LogP contribution in [0.25, 0.3) is 0 Å². The summed E-state index contributed by atoms with van der Waals surface area (Å²) in [6.07, 6.45) is 14.2. The fraction of sp³-hybridized carbons (Fsp3) is 0.474. The highest BCUT2D eigenvalue weighted by molar-refractivity contribution is 7.50. The topological polar surface area (TPSA) is 93.9 Å². The van der Waals surface area contributed by atoms with Crippen molar-refractivity contribution < 1.29 is 28.1 Å². The van der Waals surface area contributed by atoms with Crippen molar-refractivity contribution in [1.82, 2.24) is 5.32 Å². The maximum absolute atomic E-state index is 12.3. The SMILES string of the molecule is CCN1C(=CC=CC=CC2=[N+](CCCCCC(=O)NCCOCCOP(C)(=O)[O-])c3ccccc3C2(C)C)C(C)(C)c2ccccc21. The second kappa shape index (κ2) is 16.2. The molecule has 2 aliphatic heterocycles. The Morgan fingerprint density at radius 3 is 2.40 bits per heavy atom. The van der Waals surface area contributed by atoms with Crippen LogP contribution in [0.5, 0.6) is 0 Å². The van der Waals surface area contributed by atoms with E-state index in [9.17, 15) is 14.3 Å². The third-order valence-corrected chi connectivity index (χ3v) is 9.70. The van der Waals surface area contributed by atoms with Crippen LogP contribution in [0.3, 0.4) is 0 Å². The summed E-state index contributed by atoms with van der Waals surface area (Å²) >= 11 is 0. The van der Waals surface area contributed by atoms with Crippen molar-refractivity contribution in [2.75, 3.05) is 51.0 Å². The number of hydrogen-bond acceptors (Lipinski definition) is 6. The van der Waals surface area contributed by atoms with E-state index in [1.54, 1.807) is 0 Å². The predicted molar refractivity (Wildman–Crippen MR) is 190 cm³/mol. The molecule has 0 radical (unpaired) electrons. The Morgan fingerprint density at radius 1 is 0.936 bits per heavy atom. The molecule has 4 rings (SSSR count). The minimum atomic E-state index is -3.73. The normalized spacial score (nSPS) is 18.7. The molecule has 47 heavy (non-hydrogen) atoms. The number of para-hydroxylation sites is 2. The third kappa shape index (κ3) is 9.20. The zero-order valence-corrected chi connectivity index (χ0v) is 29.9. The van der Waals surface area contributed by atoms with Crippen molar-refractivity contribution in [1.29, 1.82) is 0 Å². The standard InChI is InChI=1S/C38H52N3O5P/c1-7-40-32-20-15-13-18-30(32)37(2,3)34(40)22-10-8-11-23-35-38(4,5)31-19-14-16-21-33(31)41(35)26-17-9-12-24-36(42)39-25-27-45-28-29-46-47(6,43)44/h8,10-11,13-16,18-23H,7,9,12,17,24-29H2,1-6H3,(H-,39,42,43,44). The van der Waals surface area contributed by atoms with Gasteiger partial charge in [0.05, 0.1) is 25.2 Å². The van der Waals surface area contributed by atoms with E-state index in [1.165, 1.54) is 33.9 Å². The highest BCUT2D eigenvalue weighted by Crippen LogP contribution is 2.47. The monoisotopic (exact) mass is 661 g/mol. The highest BCUT2D eigenvalue weighted by Gasteiger charge is 2.43. The maximum atomic E-state index is 12.3. The van der Waals surface area contributed by atoms with Gasteiger partial charge in [0.1, 0.15) is 14.1 Å². The van der Waals surface area contributed by atoms with Crippen molar-refractivity contribution >= 4 is 30.6 Å². The first kappa shape index (κ1) is 36.5. The molecule has 0 aromatic heterocycles. The summed E-state index contributed by atoms with van der Waals surface area (Å²) < 4.78 is 23.4. The summed E-state index contributed by atoms with van der Waals surface area (Å²) in [5.74, 6) is -0.000937. The van der Waals surface area contributed by atoms with Gasteiger partial charge in [-0.2, -0.15) is 4.58 Å². The van der Waals surface area contributed by atoms with Crippen molar-refractivity contribution in [3.63, 3.8) is 0 Å². The number of rotatable bonds is 17. The molecule has 2 aliphatic rings. The van der Waals surface area contributed by atoms with Gasteiger partial charge in [0.2, 0.25) is 11.6 Å². The average molecular weight is 662 g/mol. The van der Waals surface area contributed by atoms with Crippen LogP contribution in [0.4, 0.5) is 11.4 Å². The summed E-state index contributed by atoms with van der Waals surface area (Å²) in [6.45, 7) is 15.1. The number of likely N-dealkylation sites (N-methyl/N-ethyl adjacent to an activating group) is 1. The van der Waals surface area contributed by atoms with Crippen molar-refractivity contribution in [3.8, 4) is 0 Å². The molecule has 2 heterocycles. The molecule has 0 saturated carbocycles. The summed E-state index contributed by atoms with van der Waals surface area (Å²) in [5.41, 5.74) is 7.69. The van der Waals surface area contributed by atoms with E-state index in [0.29, 0.717) is 19.6 Å². The van der Waals surface area contributed by atoms with Gasteiger partial charge in [-0.1, -0.05) is 68.5 Å². The minimum Gasteiger partial charge on any atom is -0.779 e. The molecular formula is C38H52N3O5P. The Bertz CT molecular complexity index is 1570. The fourth-order valence-electron chi connectivity index (χ4n) is 6.67. The second-order valence-electron chi connectivity index (χ2n) is 13.2. The number of amides is 1. The molecule has 0 bridgehead atoms. The van der Waals surface area contributed by atoms with Gasteiger partial charge in [-0.15, -0.1) is 0 Å². The van der Waals surface area contributed by atoms with Crippen LogP contribution >= 0.6 is 7.60 Å². The van der Waals surface area contributed by atoms with E-state index in [2.05, 4.69) is 133 Å². The number of hydrogen-bond donors (Lipinski definition) is 1. The van der Waals surface area contributed by atoms with E-state index in [0.717, 1.165) is 39.0 Å². The quantitative estimate of drug-likeness (QED) is 0.0871. The maximum Gasteiger partial charge on any atom is 0.220 e. The first-order valence-corrected chi connectivity index (χ1v) is 18.8. The van der Waals surface area contributed by atoms with Crippen LogP contribution in [0.2, 0.25) is 0 Å². The summed E-state index contributed by atoms with van der Waals surface area (Å²) in [4.78, 5) is 25.6. The number of carbonyl (C=O) groups is 1. The van der Waals surface area contributed by atoms with Crippen LogP contribution in [-0.4, -0.2) is 62.3 Å². The Balaban J connectivity index is 1.32. The number of ether oxygens (including phenoxy) is 1. The number of fused-ring (bicyclic) bond motifs is 2. The third-order valence-electron chi connectivity index (χ3n) is 9.05. The fourth-order valence-corrected chi connectivity index (χ4v) is 7.07. The van der Waals surface area contributed by atoms with E-state index < -0.39 is 7.60 Å². The molecule has 9 heteroatoms. The highest BCUT2D eigenvalue weighted by atomic mass is 31.2. The molecule has 8 nitrogen and oxygen atoms in total. The summed E-state index contributed by atoms with van der Waals surface area (Å²) in [7, 11) is -3.73. The van der Waals surface area contributed by atoms with Gasteiger partial charge in [-0.05, 0) is 51.3 Å². The first-order valence-electron chi connectivity index (χ1n) is 16.8. The van der Waals surface area contributed by atoms with E-state index in [4.69, 9.17) is 4.74 Å². The molecule has 0 saturated heterocycles. The Morgan fingerprint density at radius 2 is 1.66 bits per heavy atom. The lowest BCUT2D eigenvalue weighted by atomic mass is 9.81. The van der Waals surface area contributed by atoms with Gasteiger partial charge in [0.25, 0.3) is 0 Å².